The van der Waals surface area contributed by atoms with Crippen molar-refractivity contribution in [1.82, 2.24) is 29.4 Å². The maximum absolute atomic E-state index is 15.1. The largest absolute Gasteiger partial charge is 0.321 e. The van der Waals surface area contributed by atoms with Crippen molar-refractivity contribution >= 4 is 23.3 Å². The molecular formula is C32H39ClF2N6O2. The molecule has 0 radical (unpaired) electrons. The molecule has 2 aliphatic heterocycles. The summed E-state index contributed by atoms with van der Waals surface area (Å²) in [5, 5.41) is 3.99. The Hall–Kier alpha value is -3.08. The second-order valence-electron chi connectivity index (χ2n) is 12.6. The Labute approximate surface area is 255 Å². The van der Waals surface area contributed by atoms with E-state index in [1.54, 1.807) is 29.4 Å². The first-order chi connectivity index (χ1) is 20.6. The first kappa shape index (κ1) is 30.0. The zero-order chi connectivity index (χ0) is 30.3. The van der Waals surface area contributed by atoms with E-state index in [0.717, 1.165) is 44.2 Å². The van der Waals surface area contributed by atoms with Gasteiger partial charge in [0.25, 0.3) is 5.56 Å². The van der Waals surface area contributed by atoms with Crippen LogP contribution in [0.5, 0.6) is 0 Å². The van der Waals surface area contributed by atoms with E-state index in [2.05, 4.69) is 29.0 Å². The van der Waals surface area contributed by atoms with Gasteiger partial charge in [0.05, 0.1) is 16.6 Å². The Balaban J connectivity index is 1.24. The number of fused-ring (bicyclic) bond motifs is 1. The van der Waals surface area contributed by atoms with Crippen LogP contribution in [0.3, 0.4) is 0 Å². The van der Waals surface area contributed by atoms with E-state index in [1.165, 1.54) is 10.5 Å². The fraction of sp³-hybridized carbons (Fsp3) is 0.531. The minimum absolute atomic E-state index is 0.0966. The summed E-state index contributed by atoms with van der Waals surface area (Å²) in [6, 6.07) is 6.57. The normalized spacial score (nSPS) is 22.7. The molecular weight excluding hydrogens is 574 g/mol. The monoisotopic (exact) mass is 612 g/mol. The Kier molecular flexibility index (Phi) is 8.45. The summed E-state index contributed by atoms with van der Waals surface area (Å²) in [5.41, 5.74) is 0.956. The fourth-order valence-electron chi connectivity index (χ4n) is 7.40. The molecule has 1 aromatic carbocycles. The van der Waals surface area contributed by atoms with Crippen molar-refractivity contribution in [2.75, 3.05) is 26.2 Å². The van der Waals surface area contributed by atoms with Crippen molar-refractivity contribution in [1.29, 1.82) is 0 Å². The van der Waals surface area contributed by atoms with Gasteiger partial charge in [0, 0.05) is 68.3 Å². The number of carbonyl (C=O) groups excluding carboxylic acids is 1. The van der Waals surface area contributed by atoms with E-state index >= 15 is 4.39 Å². The summed E-state index contributed by atoms with van der Waals surface area (Å²) < 4.78 is 30.9. The number of carbonyl (C=O) groups is 1. The van der Waals surface area contributed by atoms with Gasteiger partial charge in [-0.2, -0.15) is 0 Å². The highest BCUT2D eigenvalue weighted by atomic mass is 35.5. The molecule has 2 atom stereocenters. The molecule has 2 aromatic heterocycles. The summed E-state index contributed by atoms with van der Waals surface area (Å²) in [4.78, 5) is 38.1. The van der Waals surface area contributed by atoms with Gasteiger partial charge in [-0.1, -0.05) is 38.3 Å². The van der Waals surface area contributed by atoms with E-state index in [-0.39, 0.29) is 34.8 Å². The van der Waals surface area contributed by atoms with Crippen LogP contribution in [-0.2, 0) is 6.54 Å². The second kappa shape index (κ2) is 12.1. The van der Waals surface area contributed by atoms with Crippen molar-refractivity contribution in [3.05, 3.63) is 80.9 Å². The number of amides is 2. The lowest BCUT2D eigenvalue weighted by atomic mass is 9.89. The standard InChI is InChI=1S/C32H39ClF2N6O2/c1-21(2)37-25-9-12-40(28(16-25)26-15-24(34)6-7-27(26)35)31(43)38-13-14-39(32(20-38)10-3-4-11-32)18-22-17-36-29-8-5-23(33)19-41(29)30(22)42/h5-8,15,17,19,21,25,28,37H,3-4,9-14,16,18,20H2,1-2H3/t25-,28+/m1/s1. The Morgan fingerprint density at radius 3 is 2.70 bits per heavy atom. The minimum Gasteiger partial charge on any atom is -0.321 e. The lowest BCUT2D eigenvalue weighted by molar-refractivity contribution is -0.00264. The topological polar surface area (TPSA) is 73.2 Å². The minimum atomic E-state index is -0.568. The van der Waals surface area contributed by atoms with Crippen LogP contribution >= 0.6 is 11.6 Å². The molecule has 3 fully saturated rings. The van der Waals surface area contributed by atoms with Crippen LogP contribution in [-0.4, -0.2) is 73.9 Å². The number of benzene rings is 1. The van der Waals surface area contributed by atoms with Gasteiger partial charge in [0.1, 0.15) is 17.3 Å². The molecule has 43 heavy (non-hydrogen) atoms. The number of nitrogens with one attached hydrogen (secondary N) is 1. The number of nitrogens with zero attached hydrogens (tertiary/aromatic N) is 5. The van der Waals surface area contributed by atoms with Crippen molar-refractivity contribution in [2.45, 2.75) is 82.6 Å². The summed E-state index contributed by atoms with van der Waals surface area (Å²) in [5.74, 6) is -1.01. The van der Waals surface area contributed by atoms with E-state index in [0.29, 0.717) is 55.4 Å². The quantitative estimate of drug-likeness (QED) is 0.419. The first-order valence-corrected chi connectivity index (χ1v) is 15.7. The van der Waals surface area contributed by atoms with Crippen LogP contribution in [0.15, 0.2) is 47.5 Å². The van der Waals surface area contributed by atoms with E-state index in [4.69, 9.17) is 11.6 Å². The third kappa shape index (κ3) is 6.01. The Morgan fingerprint density at radius 1 is 1.14 bits per heavy atom. The molecule has 0 bridgehead atoms. The number of pyridine rings is 1. The highest BCUT2D eigenvalue weighted by molar-refractivity contribution is 6.30. The third-order valence-electron chi connectivity index (χ3n) is 9.43. The number of likely N-dealkylation sites (tertiary alicyclic amines) is 1. The number of aromatic nitrogens is 2. The lowest BCUT2D eigenvalue weighted by Gasteiger charge is -2.51. The smallest absolute Gasteiger partial charge is 0.320 e. The maximum Gasteiger partial charge on any atom is 0.320 e. The summed E-state index contributed by atoms with van der Waals surface area (Å²) in [6.45, 7) is 6.64. The highest BCUT2D eigenvalue weighted by Crippen LogP contribution is 2.40. The van der Waals surface area contributed by atoms with Gasteiger partial charge in [0.2, 0.25) is 0 Å². The zero-order valence-corrected chi connectivity index (χ0v) is 25.5. The van der Waals surface area contributed by atoms with Crippen molar-refractivity contribution in [3.8, 4) is 0 Å². The maximum atomic E-state index is 15.1. The van der Waals surface area contributed by atoms with Crippen LogP contribution in [0.2, 0.25) is 5.02 Å². The Morgan fingerprint density at radius 2 is 1.93 bits per heavy atom. The fourth-order valence-corrected chi connectivity index (χ4v) is 7.56. The van der Waals surface area contributed by atoms with Gasteiger partial charge < -0.3 is 15.1 Å². The molecule has 6 rings (SSSR count). The number of halogens is 3. The van der Waals surface area contributed by atoms with Crippen molar-refractivity contribution in [2.24, 2.45) is 0 Å². The van der Waals surface area contributed by atoms with E-state index in [1.807, 2.05) is 4.90 Å². The molecule has 2 amide bonds. The molecule has 230 valence electrons. The molecule has 0 unspecified atom stereocenters. The molecule has 1 N–H and O–H groups in total. The van der Waals surface area contributed by atoms with Gasteiger partial charge in [-0.15, -0.1) is 0 Å². The van der Waals surface area contributed by atoms with E-state index < -0.39 is 17.7 Å². The Bertz CT molecular complexity index is 1560. The zero-order valence-electron chi connectivity index (χ0n) is 24.7. The van der Waals surface area contributed by atoms with Gasteiger partial charge >= 0.3 is 6.03 Å². The van der Waals surface area contributed by atoms with Crippen LogP contribution in [0, 0.1) is 11.6 Å². The van der Waals surface area contributed by atoms with Crippen LogP contribution in [0.1, 0.15) is 69.5 Å². The number of hydrogen-bond acceptors (Lipinski definition) is 5. The first-order valence-electron chi connectivity index (χ1n) is 15.3. The van der Waals surface area contributed by atoms with Crippen LogP contribution in [0.4, 0.5) is 13.6 Å². The SMILES string of the molecule is CC(C)N[C@@H]1CCN(C(=O)N2CCN(Cc3cnc4ccc(Cl)cn4c3=O)C3(CCCC3)C2)[C@H](c2cc(F)ccc2F)C1. The average molecular weight is 613 g/mol. The van der Waals surface area contributed by atoms with Crippen molar-refractivity contribution in [3.63, 3.8) is 0 Å². The average Bonchev–Trinajstić information content (AvgIpc) is 3.45. The van der Waals surface area contributed by atoms with Crippen LogP contribution < -0.4 is 10.9 Å². The number of hydrogen-bond donors (Lipinski definition) is 1. The number of rotatable bonds is 5. The molecule has 11 heteroatoms. The predicted octanol–water partition coefficient (Wildman–Crippen LogP) is 5.38. The molecule has 1 aliphatic carbocycles. The van der Waals surface area contributed by atoms with Gasteiger partial charge in [-0.3, -0.25) is 14.1 Å². The lowest BCUT2D eigenvalue weighted by Crippen LogP contribution is -2.64. The summed E-state index contributed by atoms with van der Waals surface area (Å²) in [7, 11) is 0. The molecule has 3 aliphatic rings. The molecule has 4 heterocycles. The predicted molar refractivity (Wildman–Crippen MR) is 162 cm³/mol. The molecule has 2 saturated heterocycles. The number of piperidine rings is 1. The number of piperazine rings is 1. The van der Waals surface area contributed by atoms with E-state index in [9.17, 15) is 14.0 Å². The van der Waals surface area contributed by atoms with Crippen LogP contribution in [0.25, 0.3) is 5.65 Å². The second-order valence-corrected chi connectivity index (χ2v) is 13.1. The molecule has 1 spiro atoms. The molecule has 8 nitrogen and oxygen atoms in total. The molecule has 3 aromatic rings. The van der Waals surface area contributed by atoms with Gasteiger partial charge in [0.15, 0.2) is 0 Å². The van der Waals surface area contributed by atoms with Gasteiger partial charge in [-0.05, 0) is 56.0 Å². The van der Waals surface area contributed by atoms with Crippen molar-refractivity contribution < 1.29 is 13.6 Å². The van der Waals surface area contributed by atoms with Gasteiger partial charge in [-0.25, -0.2) is 18.6 Å². The highest BCUT2D eigenvalue weighted by Gasteiger charge is 2.47. The summed E-state index contributed by atoms with van der Waals surface area (Å²) >= 11 is 6.16. The number of urea groups is 1. The molecule has 1 saturated carbocycles. The summed E-state index contributed by atoms with van der Waals surface area (Å²) in [6.07, 6.45) is 8.44. The third-order valence-corrected chi connectivity index (χ3v) is 9.66.